The molecule has 2 rings (SSSR count). The first-order valence-corrected chi connectivity index (χ1v) is 8.15. The quantitative estimate of drug-likeness (QED) is 0.775. The minimum atomic E-state index is -0.310. The zero-order valence-electron chi connectivity index (χ0n) is 14.6. The van der Waals surface area contributed by atoms with Crippen LogP contribution in [0.2, 0.25) is 0 Å². The lowest BCUT2D eigenvalue weighted by Gasteiger charge is -2.23. The number of carbonyl (C=O) groups excluding carboxylic acids is 2. The van der Waals surface area contributed by atoms with E-state index in [-0.39, 0.29) is 36.1 Å². The first-order valence-electron chi connectivity index (χ1n) is 8.15. The smallest absolute Gasteiger partial charge is 0.258 e. The predicted molar refractivity (Wildman–Crippen MR) is 94.1 cm³/mol. The van der Waals surface area contributed by atoms with Crippen molar-refractivity contribution >= 4 is 11.7 Å². The molecule has 2 aromatic rings. The highest BCUT2D eigenvalue weighted by Crippen LogP contribution is 2.22. The van der Waals surface area contributed by atoms with Crippen LogP contribution >= 0.6 is 0 Å². The Hall–Kier alpha value is -2.69. The highest BCUT2D eigenvalue weighted by Gasteiger charge is 2.18. The summed E-state index contributed by atoms with van der Waals surface area (Å²) in [5.41, 5.74) is 1.43. The van der Waals surface area contributed by atoms with Gasteiger partial charge in [0.25, 0.3) is 5.91 Å². The zero-order chi connectivity index (χ0) is 18.4. The Morgan fingerprint density at radius 2 is 1.64 bits per heavy atom. The Labute approximate surface area is 147 Å². The topological polar surface area (TPSA) is 55.4 Å². The third-order valence-corrected chi connectivity index (χ3v) is 3.84. The molecular formula is C20H22FNO3. The Kier molecular flexibility index (Phi) is 6.28. The van der Waals surface area contributed by atoms with Gasteiger partial charge in [0.1, 0.15) is 11.6 Å². The van der Waals surface area contributed by atoms with Crippen LogP contribution in [0.3, 0.4) is 0 Å². The molecule has 0 spiro atoms. The molecule has 0 heterocycles. The highest BCUT2D eigenvalue weighted by atomic mass is 19.1. The number of benzene rings is 2. The van der Waals surface area contributed by atoms with E-state index in [0.29, 0.717) is 11.3 Å². The lowest BCUT2D eigenvalue weighted by atomic mass is 9.96. The number of nitrogens with one attached hydrogen (secondary N) is 1. The van der Waals surface area contributed by atoms with Gasteiger partial charge in [0, 0.05) is 5.56 Å². The van der Waals surface area contributed by atoms with E-state index in [0.717, 1.165) is 5.56 Å². The summed E-state index contributed by atoms with van der Waals surface area (Å²) in [5, 5.41) is 2.91. The minimum Gasteiger partial charge on any atom is -0.484 e. The van der Waals surface area contributed by atoms with Gasteiger partial charge in [0.2, 0.25) is 0 Å². The average molecular weight is 343 g/mol. The van der Waals surface area contributed by atoms with Gasteiger partial charge in [-0.05, 0) is 54.8 Å². The second-order valence-corrected chi connectivity index (χ2v) is 6.21. The van der Waals surface area contributed by atoms with Crippen LogP contribution in [-0.4, -0.2) is 18.3 Å². The number of Topliss-reactive ketones (excluding diaryl/α,β-unsaturated/α-hetero) is 1. The van der Waals surface area contributed by atoms with E-state index in [1.807, 2.05) is 13.8 Å². The molecule has 1 atom stereocenters. The molecule has 4 nitrogen and oxygen atoms in total. The van der Waals surface area contributed by atoms with Gasteiger partial charge in [-0.1, -0.05) is 26.0 Å². The first-order chi connectivity index (χ1) is 11.9. The summed E-state index contributed by atoms with van der Waals surface area (Å²) in [5.74, 6) is 0.0595. The molecule has 1 amide bonds. The summed E-state index contributed by atoms with van der Waals surface area (Å²) in [6.45, 7) is 5.32. The minimum absolute atomic E-state index is 0.0247. The lowest BCUT2D eigenvalue weighted by Crippen LogP contribution is -2.35. The van der Waals surface area contributed by atoms with Crippen LogP contribution in [0.15, 0.2) is 48.5 Å². The van der Waals surface area contributed by atoms with Gasteiger partial charge in [-0.25, -0.2) is 4.39 Å². The summed E-state index contributed by atoms with van der Waals surface area (Å²) in [6.07, 6.45) is 0. The van der Waals surface area contributed by atoms with Gasteiger partial charge in [0.15, 0.2) is 12.4 Å². The number of amides is 1. The van der Waals surface area contributed by atoms with Crippen molar-refractivity contribution in [1.82, 2.24) is 5.32 Å². The maximum absolute atomic E-state index is 13.1. The fourth-order valence-corrected chi connectivity index (χ4v) is 2.45. The monoisotopic (exact) mass is 343 g/mol. The van der Waals surface area contributed by atoms with Crippen LogP contribution < -0.4 is 10.1 Å². The molecule has 5 heteroatoms. The summed E-state index contributed by atoms with van der Waals surface area (Å²) >= 11 is 0. The van der Waals surface area contributed by atoms with Crippen molar-refractivity contribution in [3.05, 3.63) is 65.5 Å². The molecule has 0 fully saturated rings. The van der Waals surface area contributed by atoms with Crippen LogP contribution in [0.5, 0.6) is 5.75 Å². The summed E-state index contributed by atoms with van der Waals surface area (Å²) in [7, 11) is 0. The molecule has 1 N–H and O–H groups in total. The molecule has 25 heavy (non-hydrogen) atoms. The number of ketones is 1. The SMILES string of the molecule is CC(=O)c1ccc(OCC(=O)NC(c2ccc(F)cc2)C(C)C)cc1. The molecule has 0 aliphatic rings. The zero-order valence-corrected chi connectivity index (χ0v) is 14.6. The Balaban J connectivity index is 1.95. The van der Waals surface area contributed by atoms with Crippen molar-refractivity contribution < 1.29 is 18.7 Å². The molecule has 0 aliphatic heterocycles. The van der Waals surface area contributed by atoms with Crippen molar-refractivity contribution in [1.29, 1.82) is 0 Å². The molecule has 0 radical (unpaired) electrons. The van der Waals surface area contributed by atoms with Crippen LogP contribution in [0, 0.1) is 11.7 Å². The Morgan fingerprint density at radius 3 is 2.16 bits per heavy atom. The molecule has 1 unspecified atom stereocenters. The van der Waals surface area contributed by atoms with Crippen molar-refractivity contribution in [3.8, 4) is 5.75 Å². The van der Waals surface area contributed by atoms with E-state index in [1.165, 1.54) is 19.1 Å². The van der Waals surface area contributed by atoms with Crippen LogP contribution in [-0.2, 0) is 4.79 Å². The molecule has 132 valence electrons. The van der Waals surface area contributed by atoms with Crippen LogP contribution in [0.1, 0.15) is 42.7 Å². The molecule has 0 aliphatic carbocycles. The largest absolute Gasteiger partial charge is 0.484 e. The normalized spacial score (nSPS) is 11.9. The predicted octanol–water partition coefficient (Wildman–Crippen LogP) is 3.92. The lowest BCUT2D eigenvalue weighted by molar-refractivity contribution is -0.124. The van der Waals surface area contributed by atoms with Gasteiger partial charge in [0.05, 0.1) is 6.04 Å². The van der Waals surface area contributed by atoms with Crippen molar-refractivity contribution in [2.45, 2.75) is 26.8 Å². The van der Waals surface area contributed by atoms with Crippen LogP contribution in [0.4, 0.5) is 4.39 Å². The standard InChI is InChI=1S/C20H22FNO3/c1-13(2)20(16-4-8-17(21)9-5-16)22-19(24)12-25-18-10-6-15(7-11-18)14(3)23/h4-11,13,20H,12H2,1-3H3,(H,22,24). The van der Waals surface area contributed by atoms with E-state index in [4.69, 9.17) is 4.74 Å². The summed E-state index contributed by atoms with van der Waals surface area (Å²) < 4.78 is 18.5. The van der Waals surface area contributed by atoms with Crippen molar-refractivity contribution in [3.63, 3.8) is 0 Å². The average Bonchev–Trinajstić information content (AvgIpc) is 2.59. The molecule has 0 saturated carbocycles. The number of halogens is 1. The summed E-state index contributed by atoms with van der Waals surface area (Å²) in [6, 6.07) is 12.5. The molecule has 2 aromatic carbocycles. The van der Waals surface area contributed by atoms with Gasteiger partial charge in [-0.15, -0.1) is 0 Å². The van der Waals surface area contributed by atoms with Gasteiger partial charge in [-0.2, -0.15) is 0 Å². The number of hydrogen-bond donors (Lipinski definition) is 1. The first kappa shape index (κ1) is 18.6. The third-order valence-electron chi connectivity index (χ3n) is 3.84. The third kappa shape index (κ3) is 5.41. The number of rotatable bonds is 7. The number of carbonyl (C=O) groups is 2. The maximum Gasteiger partial charge on any atom is 0.258 e. The Bertz CT molecular complexity index is 724. The van der Waals surface area contributed by atoms with Gasteiger partial charge in [-0.3, -0.25) is 9.59 Å². The molecular weight excluding hydrogens is 321 g/mol. The van der Waals surface area contributed by atoms with Gasteiger partial charge < -0.3 is 10.1 Å². The summed E-state index contributed by atoms with van der Waals surface area (Å²) in [4.78, 5) is 23.4. The fraction of sp³-hybridized carbons (Fsp3) is 0.300. The number of ether oxygens (including phenoxy) is 1. The van der Waals surface area contributed by atoms with E-state index in [1.54, 1.807) is 36.4 Å². The molecule has 0 saturated heterocycles. The second kappa shape index (κ2) is 8.42. The Morgan fingerprint density at radius 1 is 1.04 bits per heavy atom. The van der Waals surface area contributed by atoms with E-state index in [9.17, 15) is 14.0 Å². The van der Waals surface area contributed by atoms with Crippen LogP contribution in [0.25, 0.3) is 0 Å². The maximum atomic E-state index is 13.1. The van der Waals surface area contributed by atoms with Gasteiger partial charge >= 0.3 is 0 Å². The van der Waals surface area contributed by atoms with E-state index < -0.39 is 0 Å². The number of hydrogen-bond acceptors (Lipinski definition) is 3. The highest BCUT2D eigenvalue weighted by molar-refractivity contribution is 5.94. The van der Waals surface area contributed by atoms with Crippen molar-refractivity contribution in [2.24, 2.45) is 5.92 Å². The molecule has 0 aromatic heterocycles. The van der Waals surface area contributed by atoms with Crippen molar-refractivity contribution in [2.75, 3.05) is 6.61 Å². The van der Waals surface area contributed by atoms with E-state index >= 15 is 0 Å². The van der Waals surface area contributed by atoms with E-state index in [2.05, 4.69) is 5.32 Å². The fourth-order valence-electron chi connectivity index (χ4n) is 2.45. The second-order valence-electron chi connectivity index (χ2n) is 6.21. The molecule has 0 bridgehead atoms.